The van der Waals surface area contributed by atoms with Crippen LogP contribution in [0.4, 0.5) is 18.9 Å². The summed E-state index contributed by atoms with van der Waals surface area (Å²) in [6.45, 7) is 0. The molecular weight excluding hydrogens is 285 g/mol. The first kappa shape index (κ1) is 13.4. The number of ether oxygens (including phenoxy) is 1. The Balaban J connectivity index is 2.02. The average molecular weight is 294 g/mol. The van der Waals surface area contributed by atoms with Gasteiger partial charge >= 0.3 is 6.36 Å². The molecule has 2 heterocycles. The first-order valence-electron chi connectivity index (χ1n) is 6.06. The van der Waals surface area contributed by atoms with E-state index < -0.39 is 6.36 Å². The van der Waals surface area contributed by atoms with Crippen LogP contribution in [0.3, 0.4) is 0 Å². The number of rotatable bonds is 2. The molecule has 0 radical (unpaired) electrons. The number of alkyl halides is 3. The van der Waals surface area contributed by atoms with Crippen molar-refractivity contribution in [2.75, 3.05) is 5.32 Å². The SMILES string of the molecule is O=C1Cc2cc(-c3ncccc3OC(F)(F)F)ccc2N1. The monoisotopic (exact) mass is 294 g/mol. The first-order valence-corrected chi connectivity index (χ1v) is 6.06. The van der Waals surface area contributed by atoms with Gasteiger partial charge in [-0.15, -0.1) is 13.2 Å². The standard InChI is InChI=1S/C14H9F3N2O2/c15-14(16,17)21-11-2-1-5-18-13(11)8-3-4-10-9(6-8)7-12(20)19-10/h1-6H,7H2,(H,19,20). The zero-order valence-corrected chi connectivity index (χ0v) is 10.6. The summed E-state index contributed by atoms with van der Waals surface area (Å²) < 4.78 is 41.2. The van der Waals surface area contributed by atoms with E-state index in [2.05, 4.69) is 15.0 Å². The molecular formula is C14H9F3N2O2. The summed E-state index contributed by atoms with van der Waals surface area (Å²) in [5.74, 6) is -0.517. The molecule has 3 rings (SSSR count). The van der Waals surface area contributed by atoms with Crippen molar-refractivity contribution in [1.82, 2.24) is 4.98 Å². The maximum absolute atomic E-state index is 12.4. The van der Waals surface area contributed by atoms with E-state index in [0.717, 1.165) is 5.56 Å². The molecule has 0 saturated carbocycles. The van der Waals surface area contributed by atoms with Gasteiger partial charge in [-0.2, -0.15) is 0 Å². The first-order chi connectivity index (χ1) is 9.92. The lowest BCUT2D eigenvalue weighted by Gasteiger charge is -2.12. The maximum Gasteiger partial charge on any atom is 0.573 e. The Bertz CT molecular complexity index is 714. The number of hydrogen-bond donors (Lipinski definition) is 1. The number of benzene rings is 1. The quantitative estimate of drug-likeness (QED) is 0.925. The van der Waals surface area contributed by atoms with Gasteiger partial charge < -0.3 is 10.1 Å². The van der Waals surface area contributed by atoms with Crippen molar-refractivity contribution in [3.05, 3.63) is 42.1 Å². The zero-order valence-electron chi connectivity index (χ0n) is 10.6. The highest BCUT2D eigenvalue weighted by Crippen LogP contribution is 2.34. The number of carbonyl (C=O) groups is 1. The van der Waals surface area contributed by atoms with E-state index in [1.807, 2.05) is 0 Å². The molecule has 21 heavy (non-hydrogen) atoms. The van der Waals surface area contributed by atoms with E-state index in [-0.39, 0.29) is 23.8 Å². The third kappa shape index (κ3) is 2.81. The highest BCUT2D eigenvalue weighted by atomic mass is 19.4. The minimum absolute atomic E-state index is 0.0805. The Kier molecular flexibility index (Phi) is 3.04. The molecule has 108 valence electrons. The number of pyridine rings is 1. The number of fused-ring (bicyclic) bond motifs is 1. The molecule has 1 N–H and O–H groups in total. The molecule has 0 aliphatic carbocycles. The molecule has 0 bridgehead atoms. The van der Waals surface area contributed by atoms with E-state index in [1.165, 1.54) is 18.3 Å². The molecule has 7 heteroatoms. The van der Waals surface area contributed by atoms with Crippen LogP contribution < -0.4 is 10.1 Å². The summed E-state index contributed by atoms with van der Waals surface area (Å²) in [4.78, 5) is 15.2. The normalized spacial score (nSPS) is 13.8. The largest absolute Gasteiger partial charge is 0.573 e. The molecule has 1 aromatic heterocycles. The van der Waals surface area contributed by atoms with Crippen LogP contribution in [0.25, 0.3) is 11.3 Å². The number of halogens is 3. The molecule has 1 aliphatic rings. The van der Waals surface area contributed by atoms with Crippen LogP contribution in [0.1, 0.15) is 5.56 Å². The molecule has 2 aromatic rings. The number of aromatic nitrogens is 1. The minimum Gasteiger partial charge on any atom is -0.403 e. The molecule has 0 spiro atoms. The fourth-order valence-corrected chi connectivity index (χ4v) is 2.19. The minimum atomic E-state index is -4.79. The lowest BCUT2D eigenvalue weighted by molar-refractivity contribution is -0.274. The van der Waals surface area contributed by atoms with Gasteiger partial charge in [0.1, 0.15) is 5.69 Å². The second-order valence-corrected chi connectivity index (χ2v) is 4.49. The van der Waals surface area contributed by atoms with Crippen LogP contribution in [0, 0.1) is 0 Å². The molecule has 1 amide bonds. The molecule has 4 nitrogen and oxygen atoms in total. The number of nitrogens with zero attached hydrogens (tertiary/aromatic N) is 1. The Morgan fingerprint density at radius 3 is 2.81 bits per heavy atom. The second kappa shape index (κ2) is 4.76. The molecule has 0 unspecified atom stereocenters. The van der Waals surface area contributed by atoms with Crippen LogP contribution in [0.5, 0.6) is 5.75 Å². The van der Waals surface area contributed by atoms with Crippen LogP contribution in [-0.2, 0) is 11.2 Å². The van der Waals surface area contributed by atoms with Crippen molar-refractivity contribution in [2.45, 2.75) is 12.8 Å². The van der Waals surface area contributed by atoms with Crippen molar-refractivity contribution in [3.63, 3.8) is 0 Å². The highest BCUT2D eigenvalue weighted by Gasteiger charge is 2.32. The fourth-order valence-electron chi connectivity index (χ4n) is 2.19. The maximum atomic E-state index is 12.4. The van der Waals surface area contributed by atoms with E-state index in [0.29, 0.717) is 11.3 Å². The highest BCUT2D eigenvalue weighted by molar-refractivity contribution is 5.99. The number of nitrogens with one attached hydrogen (secondary N) is 1. The summed E-state index contributed by atoms with van der Waals surface area (Å²) in [6.07, 6.45) is -3.20. The summed E-state index contributed by atoms with van der Waals surface area (Å²) in [5, 5.41) is 2.66. The van der Waals surface area contributed by atoms with Gasteiger partial charge in [-0.1, -0.05) is 6.07 Å². The van der Waals surface area contributed by atoms with Crippen LogP contribution in [0.15, 0.2) is 36.5 Å². The van der Waals surface area contributed by atoms with E-state index >= 15 is 0 Å². The van der Waals surface area contributed by atoms with Crippen LogP contribution in [-0.4, -0.2) is 17.3 Å². The van der Waals surface area contributed by atoms with Gasteiger partial charge in [0.05, 0.1) is 6.42 Å². The number of hydrogen-bond acceptors (Lipinski definition) is 3. The van der Waals surface area contributed by atoms with E-state index in [4.69, 9.17) is 0 Å². The lowest BCUT2D eigenvalue weighted by atomic mass is 10.0. The summed E-state index contributed by atoms with van der Waals surface area (Å²) in [5.41, 5.74) is 1.93. The van der Waals surface area contributed by atoms with Gasteiger partial charge in [0.25, 0.3) is 0 Å². The topological polar surface area (TPSA) is 51.2 Å². The predicted octanol–water partition coefficient (Wildman–Crippen LogP) is 3.14. The predicted molar refractivity (Wildman–Crippen MR) is 68.7 cm³/mol. The van der Waals surface area contributed by atoms with E-state index in [1.54, 1.807) is 18.2 Å². The van der Waals surface area contributed by atoms with Crippen LogP contribution in [0.2, 0.25) is 0 Å². The Morgan fingerprint density at radius 1 is 1.24 bits per heavy atom. The Morgan fingerprint density at radius 2 is 2.05 bits per heavy atom. The van der Waals surface area contributed by atoms with Gasteiger partial charge in [-0.05, 0) is 29.8 Å². The number of carbonyl (C=O) groups excluding carboxylic acids is 1. The fraction of sp³-hybridized carbons (Fsp3) is 0.143. The Labute approximate surface area is 117 Å². The van der Waals surface area contributed by atoms with Gasteiger partial charge in [-0.3, -0.25) is 9.78 Å². The van der Waals surface area contributed by atoms with Crippen molar-refractivity contribution >= 4 is 11.6 Å². The molecule has 1 aromatic carbocycles. The van der Waals surface area contributed by atoms with Crippen molar-refractivity contribution in [1.29, 1.82) is 0 Å². The van der Waals surface area contributed by atoms with Gasteiger partial charge in [0.15, 0.2) is 5.75 Å². The number of anilines is 1. The zero-order chi connectivity index (χ0) is 15.0. The lowest BCUT2D eigenvalue weighted by Crippen LogP contribution is -2.17. The van der Waals surface area contributed by atoms with Crippen molar-refractivity contribution in [2.24, 2.45) is 0 Å². The van der Waals surface area contributed by atoms with E-state index in [9.17, 15) is 18.0 Å². The molecule has 1 aliphatic heterocycles. The third-order valence-corrected chi connectivity index (χ3v) is 3.00. The third-order valence-electron chi connectivity index (χ3n) is 3.00. The smallest absolute Gasteiger partial charge is 0.403 e. The van der Waals surface area contributed by atoms with Crippen molar-refractivity contribution < 1.29 is 22.7 Å². The number of amides is 1. The summed E-state index contributed by atoms with van der Waals surface area (Å²) in [6, 6.07) is 7.44. The van der Waals surface area contributed by atoms with Gasteiger partial charge in [-0.25, -0.2) is 0 Å². The average Bonchev–Trinajstić information content (AvgIpc) is 2.76. The Hall–Kier alpha value is -2.57. The second-order valence-electron chi connectivity index (χ2n) is 4.49. The summed E-state index contributed by atoms with van der Waals surface area (Å²) in [7, 11) is 0. The molecule has 0 fully saturated rings. The molecule has 0 atom stereocenters. The summed E-state index contributed by atoms with van der Waals surface area (Å²) >= 11 is 0. The van der Waals surface area contributed by atoms with Crippen LogP contribution >= 0.6 is 0 Å². The van der Waals surface area contributed by atoms with Crippen molar-refractivity contribution in [3.8, 4) is 17.0 Å². The van der Waals surface area contributed by atoms with Gasteiger partial charge in [0, 0.05) is 17.4 Å². The van der Waals surface area contributed by atoms with Gasteiger partial charge in [0.2, 0.25) is 5.91 Å². The molecule has 0 saturated heterocycles.